The molecule has 0 aromatic rings. The Kier molecular flexibility index (Phi) is 9.64. The van der Waals surface area contributed by atoms with Crippen molar-refractivity contribution in [3.05, 3.63) is 0 Å². The molecule has 0 spiro atoms. The van der Waals surface area contributed by atoms with Crippen LogP contribution in [0, 0.1) is 17.3 Å². The molecule has 0 aromatic heterocycles. The molecule has 2 aliphatic rings. The van der Waals surface area contributed by atoms with E-state index in [4.69, 9.17) is 0 Å². The maximum atomic E-state index is 12.1. The van der Waals surface area contributed by atoms with Crippen LogP contribution in [0.1, 0.15) is 104 Å². The Labute approximate surface area is 166 Å². The van der Waals surface area contributed by atoms with Crippen LogP contribution in [0.4, 0.5) is 0 Å². The Morgan fingerprint density at radius 2 is 1.07 bits per heavy atom. The van der Waals surface area contributed by atoms with Crippen LogP contribution in [0.15, 0.2) is 0 Å². The molecule has 0 aromatic carbocycles. The molecule has 0 heterocycles. The van der Waals surface area contributed by atoms with E-state index >= 15 is 0 Å². The molecule has 156 valence electrons. The molecular weight excluding hydrogens is 336 g/mol. The number of carbonyl (C=O) groups excluding carboxylic acids is 2. The molecule has 0 atom stereocenters. The van der Waals surface area contributed by atoms with Crippen molar-refractivity contribution in [1.29, 1.82) is 0 Å². The van der Waals surface area contributed by atoms with Gasteiger partial charge in [0.25, 0.3) is 0 Å². The van der Waals surface area contributed by atoms with Crippen LogP contribution in [0.3, 0.4) is 0 Å². The smallest absolute Gasteiger partial charge is 0.220 e. The van der Waals surface area contributed by atoms with Gasteiger partial charge in [0.15, 0.2) is 0 Å². The van der Waals surface area contributed by atoms with E-state index in [-0.39, 0.29) is 17.2 Å². The maximum absolute atomic E-state index is 12.1. The zero-order valence-electron chi connectivity index (χ0n) is 17.8. The summed E-state index contributed by atoms with van der Waals surface area (Å²) in [4.78, 5) is 24.3. The molecule has 4 nitrogen and oxygen atoms in total. The van der Waals surface area contributed by atoms with Crippen LogP contribution < -0.4 is 10.6 Å². The highest BCUT2D eigenvalue weighted by Crippen LogP contribution is 2.28. The van der Waals surface area contributed by atoms with Crippen molar-refractivity contribution in [3.63, 3.8) is 0 Å². The molecule has 2 saturated carbocycles. The summed E-state index contributed by atoms with van der Waals surface area (Å²) in [6.45, 7) is 5.46. The lowest BCUT2D eigenvalue weighted by Crippen LogP contribution is -2.42. The molecule has 0 bridgehead atoms. The molecule has 4 heteroatoms. The molecular formula is C23H42N2O2. The van der Waals surface area contributed by atoms with E-state index in [9.17, 15) is 9.59 Å². The zero-order chi connectivity index (χ0) is 19.5. The van der Waals surface area contributed by atoms with Gasteiger partial charge in [-0.05, 0) is 30.1 Å². The van der Waals surface area contributed by atoms with Gasteiger partial charge in [-0.3, -0.25) is 9.59 Å². The molecule has 2 fully saturated rings. The Morgan fingerprint density at radius 1 is 0.704 bits per heavy atom. The fraction of sp³-hybridized carbons (Fsp3) is 0.913. The van der Waals surface area contributed by atoms with Gasteiger partial charge in [-0.15, -0.1) is 0 Å². The minimum absolute atomic E-state index is 0.110. The minimum Gasteiger partial charge on any atom is -0.356 e. The number of amides is 2. The molecule has 2 aliphatic carbocycles. The zero-order valence-corrected chi connectivity index (χ0v) is 17.8. The Morgan fingerprint density at radius 3 is 1.44 bits per heavy atom. The van der Waals surface area contributed by atoms with Crippen LogP contribution in [0.25, 0.3) is 0 Å². The third-order valence-electron chi connectivity index (χ3n) is 6.54. The summed E-state index contributed by atoms with van der Waals surface area (Å²) in [6.07, 6.45) is 16.6. The highest BCUT2D eigenvalue weighted by Gasteiger charge is 2.21. The summed E-state index contributed by atoms with van der Waals surface area (Å²) in [7, 11) is 0. The summed E-state index contributed by atoms with van der Waals surface area (Å²) in [5.41, 5.74) is -0.110. The van der Waals surface area contributed by atoms with Crippen molar-refractivity contribution in [2.75, 3.05) is 13.1 Å². The van der Waals surface area contributed by atoms with Crippen molar-refractivity contribution in [2.45, 2.75) is 104 Å². The lowest BCUT2D eigenvalue weighted by molar-refractivity contribution is -0.122. The number of nitrogens with one attached hydrogen (secondary N) is 2. The monoisotopic (exact) mass is 378 g/mol. The highest BCUT2D eigenvalue weighted by molar-refractivity contribution is 5.76. The van der Waals surface area contributed by atoms with E-state index < -0.39 is 0 Å². The average Bonchev–Trinajstić information content (AvgIpc) is 2.69. The fourth-order valence-corrected chi connectivity index (χ4v) is 4.54. The van der Waals surface area contributed by atoms with Gasteiger partial charge in [-0.1, -0.05) is 78.1 Å². The average molecular weight is 379 g/mol. The standard InChI is InChI=1S/C23H42N2O2/c1-23(2,17-24-21(26)15-13-19-9-5-3-6-10-19)18-25-22(27)16-14-20-11-7-4-8-12-20/h19-20H,3-18H2,1-2H3,(H,24,26)(H,25,27). The van der Waals surface area contributed by atoms with Crippen molar-refractivity contribution in [3.8, 4) is 0 Å². The van der Waals surface area contributed by atoms with Crippen molar-refractivity contribution in [2.24, 2.45) is 17.3 Å². The lowest BCUT2D eigenvalue weighted by atomic mass is 9.86. The highest BCUT2D eigenvalue weighted by atomic mass is 16.2. The van der Waals surface area contributed by atoms with E-state index in [1.54, 1.807) is 0 Å². The molecule has 2 amide bonds. The Hall–Kier alpha value is -1.06. The predicted octanol–water partition coefficient (Wildman–Crippen LogP) is 4.97. The van der Waals surface area contributed by atoms with Gasteiger partial charge in [0.05, 0.1) is 0 Å². The Balaban J connectivity index is 1.54. The topological polar surface area (TPSA) is 58.2 Å². The van der Waals surface area contributed by atoms with Crippen LogP contribution in [0.2, 0.25) is 0 Å². The van der Waals surface area contributed by atoms with Crippen LogP contribution >= 0.6 is 0 Å². The number of carbonyl (C=O) groups is 2. The van der Waals surface area contributed by atoms with Crippen molar-refractivity contribution >= 4 is 11.8 Å². The second-order valence-electron chi connectivity index (χ2n) is 9.80. The van der Waals surface area contributed by atoms with Gasteiger partial charge in [0.1, 0.15) is 0 Å². The molecule has 2 rings (SSSR count). The molecule has 0 saturated heterocycles. The third kappa shape index (κ3) is 9.62. The summed E-state index contributed by atoms with van der Waals surface area (Å²) in [5.74, 6) is 1.83. The first-order valence-electron chi connectivity index (χ1n) is 11.5. The number of hydrogen-bond donors (Lipinski definition) is 2. The quantitative estimate of drug-likeness (QED) is 0.564. The summed E-state index contributed by atoms with van der Waals surface area (Å²) in [5, 5.41) is 6.16. The first kappa shape index (κ1) is 22.2. The van der Waals surface area contributed by atoms with Gasteiger partial charge >= 0.3 is 0 Å². The molecule has 2 N–H and O–H groups in total. The molecule has 0 aliphatic heterocycles. The minimum atomic E-state index is -0.110. The van der Waals surface area contributed by atoms with E-state index in [0.29, 0.717) is 25.9 Å². The second-order valence-corrected chi connectivity index (χ2v) is 9.80. The van der Waals surface area contributed by atoms with Crippen LogP contribution in [-0.4, -0.2) is 24.9 Å². The lowest BCUT2D eigenvalue weighted by Gasteiger charge is -2.26. The number of rotatable bonds is 10. The van der Waals surface area contributed by atoms with Crippen molar-refractivity contribution in [1.82, 2.24) is 10.6 Å². The van der Waals surface area contributed by atoms with Crippen molar-refractivity contribution < 1.29 is 9.59 Å². The van der Waals surface area contributed by atoms with Crippen LogP contribution in [0.5, 0.6) is 0 Å². The first-order chi connectivity index (χ1) is 12.9. The van der Waals surface area contributed by atoms with E-state index in [0.717, 1.165) is 24.7 Å². The Bertz CT molecular complexity index is 409. The van der Waals surface area contributed by atoms with Gasteiger partial charge in [0.2, 0.25) is 11.8 Å². The summed E-state index contributed by atoms with van der Waals surface area (Å²) >= 11 is 0. The van der Waals surface area contributed by atoms with Gasteiger partial charge in [-0.25, -0.2) is 0 Å². The van der Waals surface area contributed by atoms with Gasteiger partial charge in [-0.2, -0.15) is 0 Å². The van der Waals surface area contributed by atoms with Gasteiger partial charge in [0, 0.05) is 25.9 Å². The number of hydrogen-bond acceptors (Lipinski definition) is 2. The summed E-state index contributed by atoms with van der Waals surface area (Å²) < 4.78 is 0. The summed E-state index contributed by atoms with van der Waals surface area (Å²) in [6, 6.07) is 0. The third-order valence-corrected chi connectivity index (χ3v) is 6.54. The fourth-order valence-electron chi connectivity index (χ4n) is 4.54. The predicted molar refractivity (Wildman–Crippen MR) is 111 cm³/mol. The van der Waals surface area contributed by atoms with E-state index in [1.807, 2.05) is 0 Å². The SMILES string of the molecule is CC(C)(CNC(=O)CCC1CCCCC1)CNC(=O)CCC1CCCCC1. The maximum Gasteiger partial charge on any atom is 0.220 e. The van der Waals surface area contributed by atoms with E-state index in [2.05, 4.69) is 24.5 Å². The van der Waals surface area contributed by atoms with E-state index in [1.165, 1.54) is 64.2 Å². The molecule has 27 heavy (non-hydrogen) atoms. The normalized spacial score (nSPS) is 19.6. The first-order valence-corrected chi connectivity index (χ1v) is 11.5. The second kappa shape index (κ2) is 11.7. The van der Waals surface area contributed by atoms with Crippen LogP contribution in [-0.2, 0) is 9.59 Å². The molecule has 0 unspecified atom stereocenters. The van der Waals surface area contributed by atoms with Gasteiger partial charge < -0.3 is 10.6 Å². The largest absolute Gasteiger partial charge is 0.356 e. The molecule has 0 radical (unpaired) electrons.